The maximum absolute atomic E-state index is 6.09. The van der Waals surface area contributed by atoms with E-state index in [2.05, 4.69) is 42.4 Å². The summed E-state index contributed by atoms with van der Waals surface area (Å²) in [6.45, 7) is 6.87. The molecule has 138 valence electrons. The van der Waals surface area contributed by atoms with E-state index >= 15 is 0 Å². The van der Waals surface area contributed by atoms with Crippen molar-refractivity contribution in [1.82, 2.24) is 9.88 Å². The molecule has 5 heteroatoms. The van der Waals surface area contributed by atoms with Crippen LogP contribution in [0.15, 0.2) is 47.5 Å². The minimum absolute atomic E-state index is 0.565. The number of allylic oxidation sites excluding steroid dienone is 4. The Labute approximate surface area is 159 Å². The molecule has 1 saturated heterocycles. The molecule has 0 spiro atoms. The SMILES string of the molecule is CC(C)N1CCC(c2nc(C3=COC=C(C4=CC=CCC4)O3)cs2)CC1. The molecule has 3 aliphatic rings. The van der Waals surface area contributed by atoms with Gasteiger partial charge in [-0.1, -0.05) is 18.2 Å². The second-order valence-electron chi connectivity index (χ2n) is 7.34. The van der Waals surface area contributed by atoms with E-state index in [9.17, 15) is 0 Å². The van der Waals surface area contributed by atoms with Crippen molar-refractivity contribution < 1.29 is 9.47 Å². The van der Waals surface area contributed by atoms with Crippen molar-refractivity contribution in [2.45, 2.75) is 51.5 Å². The van der Waals surface area contributed by atoms with E-state index in [1.54, 1.807) is 23.9 Å². The highest BCUT2D eigenvalue weighted by Crippen LogP contribution is 2.35. The minimum Gasteiger partial charge on any atom is -0.465 e. The van der Waals surface area contributed by atoms with Gasteiger partial charge in [0.2, 0.25) is 0 Å². The fourth-order valence-corrected chi connectivity index (χ4v) is 4.62. The van der Waals surface area contributed by atoms with Gasteiger partial charge in [-0.05, 0) is 58.2 Å². The Morgan fingerprint density at radius 1 is 1.19 bits per heavy atom. The van der Waals surface area contributed by atoms with Crippen LogP contribution in [-0.4, -0.2) is 29.0 Å². The molecule has 0 N–H and O–H groups in total. The number of rotatable bonds is 4. The molecule has 1 aromatic heterocycles. The second-order valence-corrected chi connectivity index (χ2v) is 8.23. The van der Waals surface area contributed by atoms with Gasteiger partial charge < -0.3 is 14.4 Å². The Morgan fingerprint density at radius 3 is 2.73 bits per heavy atom. The Hall–Kier alpha value is -1.85. The number of nitrogens with zero attached hydrogens (tertiary/aromatic N) is 2. The smallest absolute Gasteiger partial charge is 0.189 e. The first-order valence-corrected chi connectivity index (χ1v) is 10.4. The highest BCUT2D eigenvalue weighted by molar-refractivity contribution is 7.09. The lowest BCUT2D eigenvalue weighted by Gasteiger charge is -2.33. The third-order valence-corrected chi connectivity index (χ3v) is 6.29. The van der Waals surface area contributed by atoms with E-state index in [0.717, 1.165) is 37.4 Å². The summed E-state index contributed by atoms with van der Waals surface area (Å²) < 4.78 is 11.6. The van der Waals surface area contributed by atoms with Crippen molar-refractivity contribution in [2.75, 3.05) is 13.1 Å². The molecule has 1 aromatic rings. The largest absolute Gasteiger partial charge is 0.465 e. The standard InChI is InChI=1S/C21H26N2O2S/c1-15(2)23-10-8-17(9-11-23)21-22-18(14-26-21)20-13-24-12-19(25-20)16-6-4-3-5-7-16/h3-4,6,12-15,17H,5,7-11H2,1-2H3. The van der Waals surface area contributed by atoms with Gasteiger partial charge in [0.25, 0.3) is 0 Å². The van der Waals surface area contributed by atoms with Gasteiger partial charge in [0.15, 0.2) is 11.5 Å². The summed E-state index contributed by atoms with van der Waals surface area (Å²) in [6, 6.07) is 0.634. The van der Waals surface area contributed by atoms with E-state index in [0.29, 0.717) is 17.7 Å². The summed E-state index contributed by atoms with van der Waals surface area (Å²) in [5.74, 6) is 2.07. The highest BCUT2D eigenvalue weighted by atomic mass is 32.1. The molecule has 4 rings (SSSR count). The zero-order valence-electron chi connectivity index (χ0n) is 15.5. The van der Waals surface area contributed by atoms with E-state index in [-0.39, 0.29) is 0 Å². The quantitative estimate of drug-likeness (QED) is 0.730. The van der Waals surface area contributed by atoms with Gasteiger partial charge >= 0.3 is 0 Å². The van der Waals surface area contributed by atoms with Crippen LogP contribution in [0, 0.1) is 0 Å². The van der Waals surface area contributed by atoms with Crippen molar-refractivity contribution in [3.8, 4) is 0 Å². The van der Waals surface area contributed by atoms with Gasteiger partial charge in [-0.3, -0.25) is 0 Å². The van der Waals surface area contributed by atoms with E-state index < -0.39 is 0 Å². The summed E-state index contributed by atoms with van der Waals surface area (Å²) in [7, 11) is 0. The zero-order valence-corrected chi connectivity index (χ0v) is 16.3. The Bertz CT molecular complexity index is 765. The van der Waals surface area contributed by atoms with Crippen molar-refractivity contribution in [2.24, 2.45) is 0 Å². The predicted molar refractivity (Wildman–Crippen MR) is 105 cm³/mol. The molecule has 0 radical (unpaired) electrons. The third-order valence-electron chi connectivity index (χ3n) is 5.28. The number of thiazole rings is 1. The molecule has 0 aromatic carbocycles. The highest BCUT2D eigenvalue weighted by Gasteiger charge is 2.25. The van der Waals surface area contributed by atoms with Gasteiger partial charge in [0.1, 0.15) is 18.2 Å². The molecule has 4 nitrogen and oxygen atoms in total. The van der Waals surface area contributed by atoms with Crippen LogP contribution in [0.2, 0.25) is 0 Å². The monoisotopic (exact) mass is 370 g/mol. The van der Waals surface area contributed by atoms with Crippen LogP contribution in [0.25, 0.3) is 5.76 Å². The van der Waals surface area contributed by atoms with Crippen LogP contribution >= 0.6 is 11.3 Å². The maximum atomic E-state index is 6.09. The van der Waals surface area contributed by atoms with Crippen molar-refractivity contribution >= 4 is 17.1 Å². The first-order chi connectivity index (χ1) is 12.7. The van der Waals surface area contributed by atoms with Gasteiger partial charge in [-0.25, -0.2) is 4.98 Å². The molecule has 0 amide bonds. The van der Waals surface area contributed by atoms with Crippen molar-refractivity contribution in [1.29, 1.82) is 0 Å². The van der Waals surface area contributed by atoms with Gasteiger partial charge in [0, 0.05) is 17.3 Å². The van der Waals surface area contributed by atoms with Crippen LogP contribution in [0.5, 0.6) is 0 Å². The minimum atomic E-state index is 0.565. The lowest BCUT2D eigenvalue weighted by atomic mass is 9.97. The second kappa shape index (κ2) is 7.80. The Balaban J connectivity index is 1.41. The fraction of sp³-hybridized carbons (Fsp3) is 0.476. The summed E-state index contributed by atoms with van der Waals surface area (Å²) >= 11 is 1.74. The van der Waals surface area contributed by atoms with E-state index in [4.69, 9.17) is 14.5 Å². The maximum Gasteiger partial charge on any atom is 0.189 e. The van der Waals surface area contributed by atoms with Crippen LogP contribution in [0.1, 0.15) is 56.2 Å². The van der Waals surface area contributed by atoms with Crippen molar-refractivity contribution in [3.63, 3.8) is 0 Å². The number of piperidine rings is 1. The number of hydrogen-bond acceptors (Lipinski definition) is 5. The van der Waals surface area contributed by atoms with Crippen molar-refractivity contribution in [3.05, 3.63) is 58.2 Å². The molecule has 0 atom stereocenters. The molecule has 0 unspecified atom stereocenters. The van der Waals surface area contributed by atoms with Gasteiger partial charge in [0.05, 0.1) is 5.01 Å². The number of likely N-dealkylation sites (tertiary alicyclic amines) is 1. The van der Waals surface area contributed by atoms with Crippen LogP contribution < -0.4 is 0 Å². The average molecular weight is 371 g/mol. The van der Waals surface area contributed by atoms with E-state index in [1.165, 1.54) is 23.4 Å². The third kappa shape index (κ3) is 3.79. The molecular formula is C21H26N2O2S. The van der Waals surface area contributed by atoms with Gasteiger partial charge in [-0.15, -0.1) is 11.3 Å². The average Bonchev–Trinajstić information content (AvgIpc) is 3.19. The Kier molecular flexibility index (Phi) is 5.27. The normalized spacial score (nSPS) is 21.7. The number of ether oxygens (including phenoxy) is 2. The number of hydrogen-bond donors (Lipinski definition) is 0. The summed E-state index contributed by atoms with van der Waals surface area (Å²) in [5, 5.41) is 3.32. The van der Waals surface area contributed by atoms with Crippen LogP contribution in [0.4, 0.5) is 0 Å². The Morgan fingerprint density at radius 2 is 2.00 bits per heavy atom. The first kappa shape index (κ1) is 17.6. The molecule has 0 bridgehead atoms. The fourth-order valence-electron chi connectivity index (χ4n) is 3.64. The molecule has 1 fully saturated rings. The molecule has 0 saturated carbocycles. The molecule has 3 heterocycles. The topological polar surface area (TPSA) is 34.6 Å². The summed E-state index contributed by atoms with van der Waals surface area (Å²) in [6.07, 6.45) is 14.1. The predicted octanol–water partition coefficient (Wildman–Crippen LogP) is 5.19. The molecule has 2 aliphatic heterocycles. The molecule has 1 aliphatic carbocycles. The summed E-state index contributed by atoms with van der Waals surface area (Å²) in [4.78, 5) is 7.42. The number of aromatic nitrogens is 1. The first-order valence-electron chi connectivity index (χ1n) is 9.50. The molecular weight excluding hydrogens is 344 g/mol. The summed E-state index contributed by atoms with van der Waals surface area (Å²) in [5.41, 5.74) is 2.06. The lowest BCUT2D eigenvalue weighted by Crippen LogP contribution is -2.37. The van der Waals surface area contributed by atoms with E-state index in [1.807, 2.05) is 0 Å². The van der Waals surface area contributed by atoms with Gasteiger partial charge in [-0.2, -0.15) is 0 Å². The zero-order chi connectivity index (χ0) is 17.9. The van der Waals surface area contributed by atoms with Crippen LogP contribution in [-0.2, 0) is 9.47 Å². The molecule has 26 heavy (non-hydrogen) atoms. The lowest BCUT2D eigenvalue weighted by molar-refractivity contribution is 0.172. The van der Waals surface area contributed by atoms with Crippen LogP contribution in [0.3, 0.4) is 0 Å².